The normalized spacial score (nSPS) is 9.92. The van der Waals surface area contributed by atoms with Crippen LogP contribution in [-0.4, -0.2) is 0 Å². The summed E-state index contributed by atoms with van der Waals surface area (Å²) in [5, 5.41) is 0. The van der Waals surface area contributed by atoms with Crippen molar-refractivity contribution in [1.82, 2.24) is 0 Å². The summed E-state index contributed by atoms with van der Waals surface area (Å²) in [7, 11) is 0. The maximum absolute atomic E-state index is 5.47. The fourth-order valence-electron chi connectivity index (χ4n) is 1.14. The topological polar surface area (TPSA) is 0 Å². The van der Waals surface area contributed by atoms with Gasteiger partial charge in [-0.3, -0.25) is 0 Å². The molecule has 0 radical (unpaired) electrons. The molecule has 0 aromatic rings. The van der Waals surface area contributed by atoms with Gasteiger partial charge in [0.2, 0.25) is 0 Å². The molecule has 0 aromatic heterocycles. The van der Waals surface area contributed by atoms with E-state index in [1.54, 1.807) is 0 Å². The maximum atomic E-state index is 5.47. The largest absolute Gasteiger partial charge is 0.102 e. The summed E-state index contributed by atoms with van der Waals surface area (Å²) in [5.41, 5.74) is 0. The minimum atomic E-state index is 0.406. The first-order chi connectivity index (χ1) is 5.77. The van der Waals surface area contributed by atoms with Gasteiger partial charge in [-0.1, -0.05) is 68.3 Å². The first-order valence-electron chi connectivity index (χ1n) is 4.78. The number of unbranched alkanes of at least 4 members (excludes halogenated alkanes) is 6. The summed E-state index contributed by atoms with van der Waals surface area (Å²) >= 11 is 10.9. The van der Waals surface area contributed by atoms with E-state index in [0.29, 0.717) is 4.49 Å². The van der Waals surface area contributed by atoms with Crippen molar-refractivity contribution < 1.29 is 0 Å². The van der Waals surface area contributed by atoms with Crippen molar-refractivity contribution in [3.05, 3.63) is 10.6 Å². The quantitative estimate of drug-likeness (QED) is 0.514. The zero-order valence-corrected chi connectivity index (χ0v) is 9.29. The Morgan fingerprint density at radius 2 is 1.58 bits per heavy atom. The van der Waals surface area contributed by atoms with Gasteiger partial charge >= 0.3 is 0 Å². The van der Waals surface area contributed by atoms with E-state index in [1.165, 1.54) is 38.5 Å². The van der Waals surface area contributed by atoms with Gasteiger partial charge in [-0.05, 0) is 12.8 Å². The number of rotatable bonds is 7. The third kappa shape index (κ3) is 10.3. The van der Waals surface area contributed by atoms with Gasteiger partial charge in [-0.2, -0.15) is 0 Å². The molecule has 12 heavy (non-hydrogen) atoms. The fraction of sp³-hybridized carbons (Fsp3) is 0.800. The first kappa shape index (κ1) is 12.3. The molecule has 0 amide bonds. The predicted octanol–water partition coefficient (Wildman–Crippen LogP) is 5.06. The van der Waals surface area contributed by atoms with Crippen molar-refractivity contribution >= 4 is 23.2 Å². The Hall–Kier alpha value is 0.320. The predicted molar refractivity (Wildman–Crippen MR) is 57.8 cm³/mol. The highest BCUT2D eigenvalue weighted by atomic mass is 35.5. The van der Waals surface area contributed by atoms with Crippen LogP contribution in [0.4, 0.5) is 0 Å². The molecular formula is C10H18Cl2. The van der Waals surface area contributed by atoms with Crippen LogP contribution in [0.2, 0.25) is 0 Å². The van der Waals surface area contributed by atoms with E-state index >= 15 is 0 Å². The van der Waals surface area contributed by atoms with Gasteiger partial charge in [0.15, 0.2) is 0 Å². The van der Waals surface area contributed by atoms with E-state index in [1.807, 2.05) is 6.08 Å². The monoisotopic (exact) mass is 208 g/mol. The van der Waals surface area contributed by atoms with Crippen LogP contribution >= 0.6 is 23.2 Å². The van der Waals surface area contributed by atoms with Gasteiger partial charge in [-0.15, -0.1) is 0 Å². The molecule has 0 nitrogen and oxygen atoms in total. The summed E-state index contributed by atoms with van der Waals surface area (Å²) in [5.74, 6) is 0. The second-order valence-corrected chi connectivity index (χ2v) is 4.06. The molecular weight excluding hydrogens is 191 g/mol. The fourth-order valence-corrected chi connectivity index (χ4v) is 1.35. The highest BCUT2D eigenvalue weighted by Crippen LogP contribution is 2.11. The van der Waals surface area contributed by atoms with Crippen molar-refractivity contribution in [1.29, 1.82) is 0 Å². The zero-order valence-electron chi connectivity index (χ0n) is 7.78. The van der Waals surface area contributed by atoms with Crippen LogP contribution in [0.5, 0.6) is 0 Å². The highest BCUT2D eigenvalue weighted by Gasteiger charge is 1.89. The smallest absolute Gasteiger partial charge is 0.0713 e. The Morgan fingerprint density at radius 3 is 2.17 bits per heavy atom. The van der Waals surface area contributed by atoms with Crippen molar-refractivity contribution in [2.75, 3.05) is 0 Å². The Balaban J connectivity index is 2.96. The molecule has 0 atom stereocenters. The molecule has 72 valence electrons. The van der Waals surface area contributed by atoms with Crippen LogP contribution in [0, 0.1) is 0 Å². The lowest BCUT2D eigenvalue weighted by Crippen LogP contribution is -1.77. The number of hydrogen-bond acceptors (Lipinski definition) is 0. The molecule has 2 heteroatoms. The maximum Gasteiger partial charge on any atom is 0.102 e. The Labute approximate surface area is 85.9 Å². The van der Waals surface area contributed by atoms with E-state index in [0.717, 1.165) is 6.42 Å². The summed E-state index contributed by atoms with van der Waals surface area (Å²) in [4.78, 5) is 0. The van der Waals surface area contributed by atoms with Gasteiger partial charge in [-0.25, -0.2) is 0 Å². The lowest BCUT2D eigenvalue weighted by molar-refractivity contribution is 0.611. The van der Waals surface area contributed by atoms with E-state index in [2.05, 4.69) is 6.92 Å². The molecule has 0 aliphatic heterocycles. The summed E-state index contributed by atoms with van der Waals surface area (Å²) < 4.78 is 0.406. The molecule has 0 bridgehead atoms. The van der Waals surface area contributed by atoms with Crippen molar-refractivity contribution in [3.8, 4) is 0 Å². The second kappa shape index (κ2) is 9.41. The average Bonchev–Trinajstić information content (AvgIpc) is 2.02. The van der Waals surface area contributed by atoms with Gasteiger partial charge in [0.05, 0.1) is 0 Å². The van der Waals surface area contributed by atoms with Crippen molar-refractivity contribution in [2.24, 2.45) is 0 Å². The standard InChI is InChI=1S/C10H18Cl2/c1-2-3-4-5-6-7-8-9-10(11)12/h9H,2-8H2,1H3. The van der Waals surface area contributed by atoms with Crippen molar-refractivity contribution in [3.63, 3.8) is 0 Å². The van der Waals surface area contributed by atoms with Crippen LogP contribution in [-0.2, 0) is 0 Å². The molecule has 0 saturated heterocycles. The lowest BCUT2D eigenvalue weighted by Gasteiger charge is -1.97. The first-order valence-corrected chi connectivity index (χ1v) is 5.54. The summed E-state index contributed by atoms with van der Waals surface area (Å²) in [6.07, 6.45) is 10.8. The molecule has 0 saturated carbocycles. The molecule has 0 heterocycles. The molecule has 0 fully saturated rings. The average molecular weight is 209 g/mol. The van der Waals surface area contributed by atoms with E-state index in [9.17, 15) is 0 Å². The third-order valence-electron chi connectivity index (χ3n) is 1.86. The third-order valence-corrected chi connectivity index (χ3v) is 2.16. The summed E-state index contributed by atoms with van der Waals surface area (Å²) in [6, 6.07) is 0. The minimum Gasteiger partial charge on any atom is -0.0713 e. The minimum absolute atomic E-state index is 0.406. The van der Waals surface area contributed by atoms with Gasteiger partial charge in [0.1, 0.15) is 4.49 Å². The van der Waals surface area contributed by atoms with Gasteiger partial charge in [0, 0.05) is 0 Å². The molecule has 0 aliphatic rings. The van der Waals surface area contributed by atoms with E-state index in [-0.39, 0.29) is 0 Å². The zero-order chi connectivity index (χ0) is 9.23. The molecule has 0 N–H and O–H groups in total. The number of hydrogen-bond donors (Lipinski definition) is 0. The Morgan fingerprint density at radius 1 is 1.00 bits per heavy atom. The Kier molecular flexibility index (Phi) is 9.66. The van der Waals surface area contributed by atoms with Crippen LogP contribution in [0.3, 0.4) is 0 Å². The lowest BCUT2D eigenvalue weighted by atomic mass is 10.1. The van der Waals surface area contributed by atoms with Gasteiger partial charge < -0.3 is 0 Å². The number of halogens is 2. The van der Waals surface area contributed by atoms with Crippen LogP contribution in [0.15, 0.2) is 10.6 Å². The van der Waals surface area contributed by atoms with E-state index < -0.39 is 0 Å². The highest BCUT2D eigenvalue weighted by molar-refractivity contribution is 6.55. The van der Waals surface area contributed by atoms with Crippen molar-refractivity contribution in [2.45, 2.75) is 51.9 Å². The van der Waals surface area contributed by atoms with Crippen LogP contribution in [0.1, 0.15) is 51.9 Å². The van der Waals surface area contributed by atoms with E-state index in [4.69, 9.17) is 23.2 Å². The van der Waals surface area contributed by atoms with Gasteiger partial charge in [0.25, 0.3) is 0 Å². The molecule has 0 unspecified atom stereocenters. The SMILES string of the molecule is CCCCCCCCC=C(Cl)Cl. The molecule has 0 aromatic carbocycles. The molecule has 0 spiro atoms. The number of allylic oxidation sites excluding steroid dienone is 1. The van der Waals surface area contributed by atoms with Crippen LogP contribution in [0.25, 0.3) is 0 Å². The molecule has 0 rings (SSSR count). The Bertz CT molecular complexity index is 115. The second-order valence-electron chi connectivity index (χ2n) is 3.05. The van der Waals surface area contributed by atoms with Crippen LogP contribution < -0.4 is 0 Å². The molecule has 0 aliphatic carbocycles. The summed E-state index contributed by atoms with van der Waals surface area (Å²) in [6.45, 7) is 2.23.